The van der Waals surface area contributed by atoms with Gasteiger partial charge >= 0.3 is 0 Å². The molecule has 128 valence electrons. The molecule has 0 aromatic heterocycles. The van der Waals surface area contributed by atoms with Crippen molar-refractivity contribution in [3.63, 3.8) is 0 Å². The number of nitrogens with one attached hydrogen (secondary N) is 1. The van der Waals surface area contributed by atoms with Gasteiger partial charge in [-0.25, -0.2) is 0 Å². The van der Waals surface area contributed by atoms with Gasteiger partial charge in [-0.05, 0) is 18.1 Å². The van der Waals surface area contributed by atoms with Gasteiger partial charge in [0, 0.05) is 32.2 Å². The first kappa shape index (κ1) is 22.3. The molecular formula is C16H26Cl4N2. The van der Waals surface area contributed by atoms with Gasteiger partial charge in [-0.1, -0.05) is 61.5 Å². The zero-order chi connectivity index (χ0) is 14.4. The van der Waals surface area contributed by atoms with E-state index >= 15 is 0 Å². The van der Waals surface area contributed by atoms with Crippen molar-refractivity contribution in [2.45, 2.75) is 38.6 Å². The average Bonchev–Trinajstić information content (AvgIpc) is 2.48. The molecule has 1 atom stereocenters. The zero-order valence-electron chi connectivity index (χ0n) is 13.0. The smallest absolute Gasteiger partial charge is 0.0640 e. The summed E-state index contributed by atoms with van der Waals surface area (Å²) in [7, 11) is 0. The fourth-order valence-corrected chi connectivity index (χ4v) is 3.33. The summed E-state index contributed by atoms with van der Waals surface area (Å²) in [4.78, 5) is 2.55. The van der Waals surface area contributed by atoms with Crippen molar-refractivity contribution in [2.75, 3.05) is 26.2 Å². The first-order chi connectivity index (χ1) is 9.74. The van der Waals surface area contributed by atoms with Crippen molar-refractivity contribution in [1.82, 2.24) is 10.2 Å². The molecular weight excluding hydrogens is 362 g/mol. The maximum absolute atomic E-state index is 6.45. The topological polar surface area (TPSA) is 15.3 Å². The Bertz CT molecular complexity index is 423. The maximum Gasteiger partial charge on any atom is 0.0640 e. The summed E-state index contributed by atoms with van der Waals surface area (Å²) < 4.78 is 0. The van der Waals surface area contributed by atoms with E-state index in [1.807, 2.05) is 12.1 Å². The van der Waals surface area contributed by atoms with Gasteiger partial charge in [-0.3, -0.25) is 4.90 Å². The van der Waals surface area contributed by atoms with Crippen LogP contribution in [0.15, 0.2) is 18.2 Å². The van der Waals surface area contributed by atoms with E-state index in [-0.39, 0.29) is 24.8 Å². The first-order valence-corrected chi connectivity index (χ1v) is 8.38. The second-order valence-corrected chi connectivity index (χ2v) is 6.23. The SMILES string of the molecule is CCCCC[C@@H](c1cccc(Cl)c1Cl)N1CCNCC1.Cl.Cl. The van der Waals surface area contributed by atoms with Crippen molar-refractivity contribution in [3.8, 4) is 0 Å². The third kappa shape index (κ3) is 6.07. The van der Waals surface area contributed by atoms with Gasteiger partial charge in [0.2, 0.25) is 0 Å². The summed E-state index contributed by atoms with van der Waals surface area (Å²) in [5.41, 5.74) is 1.19. The summed E-state index contributed by atoms with van der Waals surface area (Å²) in [5, 5.41) is 4.81. The van der Waals surface area contributed by atoms with Crippen molar-refractivity contribution >= 4 is 48.0 Å². The molecule has 1 aromatic rings. The van der Waals surface area contributed by atoms with Crippen molar-refractivity contribution < 1.29 is 0 Å². The molecule has 1 aliphatic heterocycles. The third-order valence-electron chi connectivity index (χ3n) is 4.01. The van der Waals surface area contributed by atoms with E-state index < -0.39 is 0 Å². The predicted molar refractivity (Wildman–Crippen MR) is 102 cm³/mol. The highest BCUT2D eigenvalue weighted by molar-refractivity contribution is 6.42. The summed E-state index contributed by atoms with van der Waals surface area (Å²) in [6.07, 6.45) is 4.93. The highest BCUT2D eigenvalue weighted by Gasteiger charge is 2.24. The van der Waals surface area contributed by atoms with Crippen molar-refractivity contribution in [2.24, 2.45) is 0 Å². The minimum Gasteiger partial charge on any atom is -0.314 e. The van der Waals surface area contributed by atoms with Crippen LogP contribution in [0.25, 0.3) is 0 Å². The van der Waals surface area contributed by atoms with E-state index in [1.165, 1.54) is 24.8 Å². The van der Waals surface area contributed by atoms with Crippen molar-refractivity contribution in [1.29, 1.82) is 0 Å². The molecule has 22 heavy (non-hydrogen) atoms. The largest absolute Gasteiger partial charge is 0.314 e. The van der Waals surface area contributed by atoms with E-state index in [9.17, 15) is 0 Å². The second-order valence-electron chi connectivity index (χ2n) is 5.44. The van der Waals surface area contributed by atoms with Crippen LogP contribution in [0.1, 0.15) is 44.2 Å². The fraction of sp³-hybridized carbons (Fsp3) is 0.625. The average molecular weight is 388 g/mol. The van der Waals surface area contributed by atoms with Crippen LogP contribution < -0.4 is 5.32 Å². The molecule has 0 aliphatic carbocycles. The van der Waals surface area contributed by atoms with Gasteiger partial charge in [-0.2, -0.15) is 0 Å². The third-order valence-corrected chi connectivity index (χ3v) is 4.85. The van der Waals surface area contributed by atoms with Gasteiger partial charge in [0.25, 0.3) is 0 Å². The van der Waals surface area contributed by atoms with E-state index in [2.05, 4.69) is 23.2 Å². The molecule has 1 saturated heterocycles. The minimum atomic E-state index is 0. The van der Waals surface area contributed by atoms with E-state index in [4.69, 9.17) is 23.2 Å². The Labute approximate surface area is 156 Å². The Morgan fingerprint density at radius 1 is 1.14 bits per heavy atom. The second kappa shape index (κ2) is 11.8. The lowest BCUT2D eigenvalue weighted by Gasteiger charge is -2.36. The normalized spacial score (nSPS) is 16.5. The molecule has 1 aromatic carbocycles. The zero-order valence-corrected chi connectivity index (χ0v) is 16.1. The highest BCUT2D eigenvalue weighted by Crippen LogP contribution is 2.35. The van der Waals surface area contributed by atoms with Crippen LogP contribution in [0.2, 0.25) is 10.0 Å². The quantitative estimate of drug-likeness (QED) is 0.660. The summed E-state index contributed by atoms with van der Waals surface area (Å²) in [5.74, 6) is 0. The van der Waals surface area contributed by atoms with Gasteiger partial charge in [0.05, 0.1) is 10.0 Å². The molecule has 0 radical (unpaired) electrons. The Morgan fingerprint density at radius 2 is 1.82 bits per heavy atom. The fourth-order valence-electron chi connectivity index (χ4n) is 2.89. The Kier molecular flexibility index (Phi) is 11.9. The van der Waals surface area contributed by atoms with Crippen LogP contribution in [0.4, 0.5) is 0 Å². The highest BCUT2D eigenvalue weighted by atomic mass is 35.5. The van der Waals surface area contributed by atoms with Gasteiger partial charge in [0.1, 0.15) is 0 Å². The summed E-state index contributed by atoms with van der Waals surface area (Å²) in [6.45, 7) is 6.52. The molecule has 1 N–H and O–H groups in total. The number of halogens is 4. The van der Waals surface area contributed by atoms with Gasteiger partial charge < -0.3 is 5.32 Å². The number of nitrogens with zero attached hydrogens (tertiary/aromatic N) is 1. The molecule has 6 heteroatoms. The van der Waals surface area contributed by atoms with Crippen LogP contribution in [0.5, 0.6) is 0 Å². The van der Waals surface area contributed by atoms with Gasteiger partial charge in [-0.15, -0.1) is 24.8 Å². The lowest BCUT2D eigenvalue weighted by molar-refractivity contribution is 0.163. The first-order valence-electron chi connectivity index (χ1n) is 7.62. The number of unbranched alkanes of at least 4 members (excludes halogenated alkanes) is 2. The monoisotopic (exact) mass is 386 g/mol. The van der Waals surface area contributed by atoms with Crippen LogP contribution in [-0.2, 0) is 0 Å². The number of piperazine rings is 1. The van der Waals surface area contributed by atoms with Crippen LogP contribution in [0.3, 0.4) is 0 Å². The Balaban J connectivity index is 0.00000220. The molecule has 2 rings (SSSR count). The van der Waals surface area contributed by atoms with Crippen LogP contribution in [0, 0.1) is 0 Å². The minimum absolute atomic E-state index is 0. The summed E-state index contributed by atoms with van der Waals surface area (Å²) >= 11 is 12.6. The molecule has 0 unspecified atom stereocenters. The molecule has 0 amide bonds. The van der Waals surface area contributed by atoms with Gasteiger partial charge in [0.15, 0.2) is 0 Å². The maximum atomic E-state index is 6.45. The molecule has 0 spiro atoms. The lowest BCUT2D eigenvalue weighted by Crippen LogP contribution is -2.45. The van der Waals surface area contributed by atoms with Crippen LogP contribution in [-0.4, -0.2) is 31.1 Å². The Morgan fingerprint density at radius 3 is 2.45 bits per heavy atom. The molecule has 1 aliphatic rings. The summed E-state index contributed by atoms with van der Waals surface area (Å²) in [6, 6.07) is 6.41. The number of benzene rings is 1. The molecule has 0 saturated carbocycles. The van der Waals surface area contributed by atoms with Crippen molar-refractivity contribution in [3.05, 3.63) is 33.8 Å². The van der Waals surface area contributed by atoms with E-state index in [1.54, 1.807) is 0 Å². The van der Waals surface area contributed by atoms with E-state index in [0.717, 1.165) is 37.6 Å². The van der Waals surface area contributed by atoms with E-state index in [0.29, 0.717) is 11.1 Å². The molecule has 0 bridgehead atoms. The van der Waals surface area contributed by atoms with Crippen LogP contribution >= 0.6 is 48.0 Å². The Hall–Kier alpha value is 0.300. The number of hydrogen-bond donors (Lipinski definition) is 1. The lowest BCUT2D eigenvalue weighted by atomic mass is 9.98. The number of rotatable bonds is 6. The molecule has 1 fully saturated rings. The molecule has 1 heterocycles. The number of hydrogen-bond acceptors (Lipinski definition) is 2. The predicted octanol–water partition coefficient (Wildman–Crippen LogP) is 5.36. The standard InChI is InChI=1S/C16H24Cl2N2.2ClH/c1-2-3-4-8-15(20-11-9-19-10-12-20)13-6-5-7-14(17)16(13)18;;/h5-7,15,19H,2-4,8-12H2,1H3;2*1H/t15-;;/m0../s1. The molecule has 2 nitrogen and oxygen atoms in total.